The molecule has 0 radical (unpaired) electrons. The number of nitrogens with two attached hydrogens (primary N) is 2. The summed E-state index contributed by atoms with van der Waals surface area (Å²) in [4.78, 5) is 22.3. The summed E-state index contributed by atoms with van der Waals surface area (Å²) in [7, 11) is 0. The average molecular weight is 249 g/mol. The van der Waals surface area contributed by atoms with Crippen LogP contribution >= 0.6 is 0 Å². The molecular weight excluding hydrogens is 238 g/mol. The lowest BCUT2D eigenvalue weighted by Gasteiger charge is -2.01. The number of furan rings is 1. The number of aromatic nitrogens is 2. The zero-order valence-corrected chi connectivity index (χ0v) is 9.29. The molecule has 18 heavy (non-hydrogen) atoms. The Hall–Kier alpha value is -2.61. The molecule has 8 nitrogen and oxygen atoms in total. The van der Waals surface area contributed by atoms with Crippen molar-refractivity contribution in [1.82, 2.24) is 15.2 Å². The van der Waals surface area contributed by atoms with Crippen LogP contribution in [0.4, 0.5) is 0 Å². The van der Waals surface area contributed by atoms with Gasteiger partial charge in [0.2, 0.25) is 0 Å². The first-order chi connectivity index (χ1) is 8.61. The van der Waals surface area contributed by atoms with Gasteiger partial charge in [-0.05, 0) is 6.07 Å². The Morgan fingerprint density at radius 2 is 2.28 bits per heavy atom. The van der Waals surface area contributed by atoms with Crippen LogP contribution in [-0.4, -0.2) is 21.6 Å². The molecule has 0 aliphatic rings. The van der Waals surface area contributed by atoms with Crippen molar-refractivity contribution in [1.29, 1.82) is 0 Å². The zero-order valence-electron chi connectivity index (χ0n) is 9.29. The highest BCUT2D eigenvalue weighted by Crippen LogP contribution is 2.12. The van der Waals surface area contributed by atoms with Crippen LogP contribution in [0.3, 0.4) is 0 Å². The number of hydrogen-bond acceptors (Lipinski definition) is 5. The number of carbonyl (C=O) groups is 2. The normalized spacial score (nSPS) is 10.3. The van der Waals surface area contributed by atoms with E-state index in [2.05, 4.69) is 5.10 Å². The van der Waals surface area contributed by atoms with E-state index in [0.717, 1.165) is 0 Å². The van der Waals surface area contributed by atoms with Crippen LogP contribution in [0, 0.1) is 0 Å². The highest BCUT2D eigenvalue weighted by atomic mass is 16.3. The predicted octanol–water partition coefficient (Wildman–Crippen LogP) is -0.773. The Balaban J connectivity index is 2.20. The molecule has 94 valence electrons. The number of nitrogen functional groups attached to an aromatic ring is 1. The van der Waals surface area contributed by atoms with Crippen LogP contribution in [0.5, 0.6) is 0 Å². The molecule has 2 amide bonds. The number of primary amides is 1. The SMILES string of the molecule is NNC(=O)c1occc1Cn1cc(C(N)=O)cn1. The van der Waals surface area contributed by atoms with Crippen molar-refractivity contribution in [3.63, 3.8) is 0 Å². The van der Waals surface area contributed by atoms with Gasteiger partial charge in [0, 0.05) is 11.8 Å². The van der Waals surface area contributed by atoms with Crippen molar-refractivity contribution in [2.75, 3.05) is 0 Å². The summed E-state index contributed by atoms with van der Waals surface area (Å²) in [6, 6.07) is 1.62. The number of amides is 2. The lowest BCUT2D eigenvalue weighted by atomic mass is 10.2. The fourth-order valence-corrected chi connectivity index (χ4v) is 1.48. The number of rotatable bonds is 4. The maximum Gasteiger partial charge on any atom is 0.301 e. The van der Waals surface area contributed by atoms with Crippen LogP contribution in [0.25, 0.3) is 0 Å². The van der Waals surface area contributed by atoms with Gasteiger partial charge in [-0.2, -0.15) is 5.10 Å². The minimum Gasteiger partial charge on any atom is -0.459 e. The van der Waals surface area contributed by atoms with Crippen molar-refractivity contribution < 1.29 is 14.0 Å². The van der Waals surface area contributed by atoms with E-state index in [-0.39, 0.29) is 12.3 Å². The van der Waals surface area contributed by atoms with Gasteiger partial charge in [0.25, 0.3) is 5.91 Å². The fraction of sp³-hybridized carbons (Fsp3) is 0.100. The number of hydrazine groups is 1. The smallest absolute Gasteiger partial charge is 0.301 e. The number of nitrogens with zero attached hydrogens (tertiary/aromatic N) is 2. The summed E-state index contributed by atoms with van der Waals surface area (Å²) in [5.74, 6) is 4.04. The van der Waals surface area contributed by atoms with E-state index < -0.39 is 11.8 Å². The first-order valence-electron chi connectivity index (χ1n) is 5.01. The highest BCUT2D eigenvalue weighted by molar-refractivity contribution is 5.92. The van der Waals surface area contributed by atoms with Crippen molar-refractivity contribution in [2.45, 2.75) is 6.54 Å². The minimum atomic E-state index is -0.562. The molecule has 2 heterocycles. The van der Waals surface area contributed by atoms with Gasteiger partial charge in [-0.25, -0.2) is 5.84 Å². The summed E-state index contributed by atoms with van der Waals surface area (Å²) >= 11 is 0. The van der Waals surface area contributed by atoms with E-state index in [9.17, 15) is 9.59 Å². The van der Waals surface area contributed by atoms with E-state index in [1.54, 1.807) is 6.07 Å². The molecule has 8 heteroatoms. The standard InChI is InChI=1S/C10H11N5O3/c11-9(16)7-3-13-15(5-7)4-6-1-2-18-8(6)10(17)14-12/h1-3,5H,4,12H2,(H2,11,16)(H,14,17). The molecule has 0 spiro atoms. The number of carbonyl (C=O) groups excluding carboxylic acids is 2. The maximum absolute atomic E-state index is 11.4. The van der Waals surface area contributed by atoms with Crippen LogP contribution in [0.15, 0.2) is 29.1 Å². The molecule has 0 atom stereocenters. The molecule has 2 rings (SSSR count). The number of nitrogens with one attached hydrogen (secondary N) is 1. The third-order valence-electron chi connectivity index (χ3n) is 2.33. The van der Waals surface area contributed by atoms with Gasteiger partial charge in [0.15, 0.2) is 5.76 Å². The lowest BCUT2D eigenvalue weighted by Crippen LogP contribution is -2.30. The van der Waals surface area contributed by atoms with E-state index in [4.69, 9.17) is 16.0 Å². The van der Waals surface area contributed by atoms with E-state index in [1.807, 2.05) is 5.43 Å². The Kier molecular flexibility index (Phi) is 3.11. The summed E-state index contributed by atoms with van der Waals surface area (Å²) in [5.41, 5.74) is 7.98. The van der Waals surface area contributed by atoms with Crippen molar-refractivity contribution in [3.05, 3.63) is 41.6 Å². The topological polar surface area (TPSA) is 129 Å². The third-order valence-corrected chi connectivity index (χ3v) is 2.33. The Bertz CT molecular complexity index is 586. The second-order valence-electron chi connectivity index (χ2n) is 3.54. The molecule has 0 saturated carbocycles. The second-order valence-corrected chi connectivity index (χ2v) is 3.54. The summed E-state index contributed by atoms with van der Waals surface area (Å²) in [6.45, 7) is 0.270. The Morgan fingerprint density at radius 3 is 2.89 bits per heavy atom. The summed E-state index contributed by atoms with van der Waals surface area (Å²) < 4.78 is 6.49. The van der Waals surface area contributed by atoms with E-state index in [0.29, 0.717) is 11.1 Å². The van der Waals surface area contributed by atoms with Gasteiger partial charge >= 0.3 is 5.91 Å². The molecule has 2 aromatic heterocycles. The number of hydrogen-bond donors (Lipinski definition) is 3. The van der Waals surface area contributed by atoms with E-state index >= 15 is 0 Å². The fourth-order valence-electron chi connectivity index (χ4n) is 1.48. The summed E-state index contributed by atoms with van der Waals surface area (Å²) in [6.07, 6.45) is 4.21. The van der Waals surface area contributed by atoms with Gasteiger partial charge in [-0.1, -0.05) is 0 Å². The average Bonchev–Trinajstić information content (AvgIpc) is 2.97. The monoisotopic (exact) mass is 249 g/mol. The molecule has 0 aliphatic heterocycles. The van der Waals surface area contributed by atoms with Crippen LogP contribution < -0.4 is 17.0 Å². The van der Waals surface area contributed by atoms with Crippen LogP contribution in [-0.2, 0) is 6.54 Å². The maximum atomic E-state index is 11.4. The molecule has 0 fully saturated rings. The van der Waals surface area contributed by atoms with Gasteiger partial charge < -0.3 is 10.2 Å². The van der Waals surface area contributed by atoms with E-state index in [1.165, 1.54) is 23.3 Å². The Morgan fingerprint density at radius 1 is 1.50 bits per heavy atom. The third kappa shape index (κ3) is 2.23. The predicted molar refractivity (Wildman–Crippen MR) is 60.2 cm³/mol. The van der Waals surface area contributed by atoms with Gasteiger partial charge in [-0.3, -0.25) is 19.7 Å². The quantitative estimate of drug-likeness (QED) is 0.372. The van der Waals surface area contributed by atoms with Gasteiger partial charge in [0.05, 0.1) is 24.6 Å². The second kappa shape index (κ2) is 4.72. The lowest BCUT2D eigenvalue weighted by molar-refractivity contribution is 0.0923. The first-order valence-corrected chi connectivity index (χ1v) is 5.01. The van der Waals surface area contributed by atoms with Gasteiger partial charge in [-0.15, -0.1) is 0 Å². The highest BCUT2D eigenvalue weighted by Gasteiger charge is 2.15. The Labute approximate surface area is 102 Å². The molecule has 5 N–H and O–H groups in total. The van der Waals surface area contributed by atoms with Gasteiger partial charge in [0.1, 0.15) is 0 Å². The summed E-state index contributed by atoms with van der Waals surface area (Å²) in [5, 5.41) is 3.95. The first kappa shape index (κ1) is 11.9. The molecule has 0 aliphatic carbocycles. The van der Waals surface area contributed by atoms with Crippen molar-refractivity contribution in [2.24, 2.45) is 11.6 Å². The molecule has 2 aromatic rings. The molecular formula is C10H11N5O3. The molecule has 0 saturated heterocycles. The molecule has 0 bridgehead atoms. The van der Waals surface area contributed by atoms with Crippen molar-refractivity contribution in [3.8, 4) is 0 Å². The minimum absolute atomic E-state index is 0.105. The van der Waals surface area contributed by atoms with Crippen LogP contribution in [0.2, 0.25) is 0 Å². The van der Waals surface area contributed by atoms with Crippen LogP contribution in [0.1, 0.15) is 26.5 Å². The molecule has 0 unspecified atom stereocenters. The zero-order chi connectivity index (χ0) is 13.1. The van der Waals surface area contributed by atoms with Crippen molar-refractivity contribution >= 4 is 11.8 Å². The largest absolute Gasteiger partial charge is 0.459 e. The molecule has 0 aromatic carbocycles.